The molecule has 0 fully saturated rings. The van der Waals surface area contributed by atoms with Gasteiger partial charge in [-0.3, -0.25) is 0 Å². The molecule has 27 heavy (non-hydrogen) atoms. The molecule has 2 nitrogen and oxygen atoms in total. The van der Waals surface area contributed by atoms with E-state index < -0.39 is 0 Å². The van der Waals surface area contributed by atoms with Gasteiger partial charge in [-0.15, -0.1) is 0 Å². The third kappa shape index (κ3) is 4.87. The number of ether oxygens (including phenoxy) is 1. The topological polar surface area (TPSA) is 21.3 Å². The molecule has 0 aromatic heterocycles. The monoisotopic (exact) mass is 357 g/mol. The van der Waals surface area contributed by atoms with E-state index in [2.05, 4.69) is 97.2 Å². The molecular weight excluding hydrogens is 330 g/mol. The third-order valence-electron chi connectivity index (χ3n) is 4.60. The van der Waals surface area contributed by atoms with Gasteiger partial charge >= 0.3 is 0 Å². The normalized spacial score (nSPS) is 11.8. The summed E-state index contributed by atoms with van der Waals surface area (Å²) in [6, 6.07) is 29.7. The van der Waals surface area contributed by atoms with Crippen molar-refractivity contribution in [1.29, 1.82) is 0 Å². The van der Waals surface area contributed by atoms with Crippen LogP contribution in [0.25, 0.3) is 11.1 Å². The maximum atomic E-state index is 5.78. The van der Waals surface area contributed by atoms with Crippen LogP contribution >= 0.6 is 0 Å². The average Bonchev–Trinajstić information content (AvgIpc) is 2.74. The molecule has 3 aromatic rings. The van der Waals surface area contributed by atoms with Gasteiger partial charge in [-0.25, -0.2) is 0 Å². The molecule has 3 aromatic carbocycles. The van der Waals surface area contributed by atoms with Gasteiger partial charge in [-0.1, -0.05) is 79.7 Å². The van der Waals surface area contributed by atoms with E-state index >= 15 is 0 Å². The minimum Gasteiger partial charge on any atom is -0.492 e. The summed E-state index contributed by atoms with van der Waals surface area (Å²) >= 11 is 0. The Morgan fingerprint density at radius 3 is 1.85 bits per heavy atom. The van der Waals surface area contributed by atoms with Crippen LogP contribution in [0.15, 0.2) is 84.9 Å². The van der Waals surface area contributed by atoms with Crippen LogP contribution < -0.4 is 10.1 Å². The molecule has 0 aliphatic rings. The van der Waals surface area contributed by atoms with Gasteiger partial charge in [0.25, 0.3) is 0 Å². The van der Waals surface area contributed by atoms with Crippen molar-refractivity contribution in [3.8, 4) is 5.75 Å². The van der Waals surface area contributed by atoms with Crippen molar-refractivity contribution in [3.63, 3.8) is 0 Å². The van der Waals surface area contributed by atoms with Crippen LogP contribution in [0, 0.1) is 0 Å². The summed E-state index contributed by atoms with van der Waals surface area (Å²) in [5.74, 6) is 0.902. The van der Waals surface area contributed by atoms with Crippen LogP contribution in [0.3, 0.4) is 0 Å². The zero-order chi connectivity index (χ0) is 18.9. The first-order valence-electron chi connectivity index (χ1n) is 9.55. The van der Waals surface area contributed by atoms with Gasteiger partial charge < -0.3 is 10.1 Å². The maximum absolute atomic E-state index is 5.78. The lowest BCUT2D eigenvalue weighted by Gasteiger charge is -2.17. The summed E-state index contributed by atoms with van der Waals surface area (Å²) in [5.41, 5.74) is 6.36. The number of nitrogens with one attached hydrogen (secondary N) is 1. The first-order valence-corrected chi connectivity index (χ1v) is 9.55. The van der Waals surface area contributed by atoms with Gasteiger partial charge in [0.1, 0.15) is 12.4 Å². The number of hydrogen-bond donors (Lipinski definition) is 1. The molecule has 0 saturated heterocycles. The highest BCUT2D eigenvalue weighted by Crippen LogP contribution is 2.34. The minimum atomic E-state index is 0.668. The van der Waals surface area contributed by atoms with E-state index in [9.17, 15) is 0 Å². The van der Waals surface area contributed by atoms with E-state index in [-0.39, 0.29) is 0 Å². The number of benzene rings is 3. The van der Waals surface area contributed by atoms with Crippen molar-refractivity contribution in [3.05, 3.63) is 102 Å². The molecular formula is C25H27NO. The van der Waals surface area contributed by atoms with Crippen LogP contribution in [0.2, 0.25) is 0 Å². The predicted molar refractivity (Wildman–Crippen MR) is 115 cm³/mol. The molecule has 1 N–H and O–H groups in total. The van der Waals surface area contributed by atoms with Gasteiger partial charge in [-0.05, 0) is 53.4 Å². The Balaban J connectivity index is 2.04. The van der Waals surface area contributed by atoms with Crippen LogP contribution in [0.1, 0.15) is 30.0 Å². The number of rotatable bonds is 8. The smallest absolute Gasteiger partial charge is 0.119 e. The Hall–Kier alpha value is -2.84. The predicted octanol–water partition coefficient (Wildman–Crippen LogP) is 5.65. The Labute approximate surface area is 162 Å². The van der Waals surface area contributed by atoms with Crippen molar-refractivity contribution in [2.24, 2.45) is 0 Å². The minimum absolute atomic E-state index is 0.668. The fraction of sp³-hybridized carbons (Fsp3) is 0.200. The Morgan fingerprint density at radius 2 is 1.30 bits per heavy atom. The van der Waals surface area contributed by atoms with Crippen LogP contribution in [0.4, 0.5) is 0 Å². The van der Waals surface area contributed by atoms with Crippen molar-refractivity contribution in [2.75, 3.05) is 20.2 Å². The Morgan fingerprint density at radius 1 is 0.741 bits per heavy atom. The highest BCUT2D eigenvalue weighted by molar-refractivity contribution is 5.98. The van der Waals surface area contributed by atoms with Crippen molar-refractivity contribution < 1.29 is 4.74 Å². The summed E-state index contributed by atoms with van der Waals surface area (Å²) in [4.78, 5) is 0. The summed E-state index contributed by atoms with van der Waals surface area (Å²) in [5, 5.41) is 3.10. The Kier molecular flexibility index (Phi) is 6.84. The zero-order valence-electron chi connectivity index (χ0n) is 16.1. The van der Waals surface area contributed by atoms with Gasteiger partial charge in [0.2, 0.25) is 0 Å². The van der Waals surface area contributed by atoms with Crippen molar-refractivity contribution in [2.45, 2.75) is 13.3 Å². The number of likely N-dealkylation sites (N-methyl/N-ethyl adjacent to an activating group) is 1. The lowest BCUT2D eigenvalue weighted by atomic mass is 9.88. The second-order valence-electron chi connectivity index (χ2n) is 6.42. The molecule has 3 rings (SSSR count). The Bertz CT molecular complexity index is 852. The van der Waals surface area contributed by atoms with E-state index in [1.165, 1.54) is 27.8 Å². The van der Waals surface area contributed by atoms with E-state index in [0.717, 1.165) is 18.7 Å². The molecule has 0 spiro atoms. The van der Waals surface area contributed by atoms with Gasteiger partial charge in [0, 0.05) is 6.54 Å². The molecule has 0 unspecified atom stereocenters. The van der Waals surface area contributed by atoms with Crippen LogP contribution in [0.5, 0.6) is 5.75 Å². The van der Waals surface area contributed by atoms with Gasteiger partial charge in [-0.2, -0.15) is 0 Å². The molecule has 0 heterocycles. The molecule has 2 heteroatoms. The van der Waals surface area contributed by atoms with E-state index in [4.69, 9.17) is 4.74 Å². The van der Waals surface area contributed by atoms with Crippen LogP contribution in [-0.2, 0) is 0 Å². The fourth-order valence-electron chi connectivity index (χ4n) is 3.27. The first-order chi connectivity index (χ1) is 13.3. The second kappa shape index (κ2) is 9.75. The highest BCUT2D eigenvalue weighted by atomic mass is 16.5. The summed E-state index contributed by atoms with van der Waals surface area (Å²) < 4.78 is 5.78. The summed E-state index contributed by atoms with van der Waals surface area (Å²) in [7, 11) is 1.93. The maximum Gasteiger partial charge on any atom is 0.119 e. The van der Waals surface area contributed by atoms with Gasteiger partial charge in [0.05, 0.1) is 0 Å². The van der Waals surface area contributed by atoms with Crippen molar-refractivity contribution >= 4 is 11.1 Å². The summed E-state index contributed by atoms with van der Waals surface area (Å²) in [6.07, 6.45) is 0.967. The molecule has 0 bridgehead atoms. The zero-order valence-corrected chi connectivity index (χ0v) is 16.1. The quantitative estimate of drug-likeness (QED) is 0.415. The largest absolute Gasteiger partial charge is 0.492 e. The summed E-state index contributed by atoms with van der Waals surface area (Å²) in [6.45, 7) is 3.73. The van der Waals surface area contributed by atoms with Crippen molar-refractivity contribution in [1.82, 2.24) is 5.32 Å². The average molecular weight is 357 g/mol. The molecule has 0 radical (unpaired) electrons. The fourth-order valence-corrected chi connectivity index (χ4v) is 3.27. The molecule has 0 saturated carbocycles. The lowest BCUT2D eigenvalue weighted by molar-refractivity contribution is 0.318. The molecule has 0 atom stereocenters. The first kappa shape index (κ1) is 18.9. The molecule has 138 valence electrons. The lowest BCUT2D eigenvalue weighted by Crippen LogP contribution is -2.15. The van der Waals surface area contributed by atoms with E-state index in [1.807, 2.05) is 7.05 Å². The standard InChI is InChI=1S/C25H27NO/c1-3-24(20-10-6-4-7-11-20)25(21-12-8-5-9-13-21)22-14-16-23(17-15-22)27-19-18-26-2/h4-17,26H,3,18-19H2,1-2H3/b25-24-. The SMILES string of the molecule is CC/C(=C(\c1ccccc1)c1ccc(OCCNC)cc1)c1ccccc1. The molecule has 0 aliphatic carbocycles. The van der Waals surface area contributed by atoms with Gasteiger partial charge in [0.15, 0.2) is 0 Å². The van der Waals surface area contributed by atoms with E-state index in [0.29, 0.717) is 6.61 Å². The molecule has 0 aliphatic heterocycles. The van der Waals surface area contributed by atoms with Crippen LogP contribution in [-0.4, -0.2) is 20.2 Å². The molecule has 0 amide bonds. The highest BCUT2D eigenvalue weighted by Gasteiger charge is 2.12. The number of allylic oxidation sites excluding steroid dienone is 1. The van der Waals surface area contributed by atoms with E-state index in [1.54, 1.807) is 0 Å². The second-order valence-corrected chi connectivity index (χ2v) is 6.42. The third-order valence-corrected chi connectivity index (χ3v) is 4.60. The number of hydrogen-bond acceptors (Lipinski definition) is 2.